The van der Waals surface area contributed by atoms with Crippen LogP contribution in [0.15, 0.2) is 82.8 Å². The van der Waals surface area contributed by atoms with Gasteiger partial charge in [0.25, 0.3) is 15.9 Å². The van der Waals surface area contributed by atoms with E-state index < -0.39 is 22.5 Å². The molecule has 7 nitrogen and oxygen atoms in total. The van der Waals surface area contributed by atoms with E-state index in [-0.39, 0.29) is 4.90 Å². The van der Waals surface area contributed by atoms with E-state index in [0.29, 0.717) is 10.7 Å². The number of hydrogen-bond acceptors (Lipinski definition) is 4. The number of hydrazone groups is 1. The molecule has 39 heavy (non-hydrogen) atoms. The van der Waals surface area contributed by atoms with Crippen molar-refractivity contribution >= 4 is 39.4 Å². The number of anilines is 1. The number of sulfonamides is 1. The van der Waals surface area contributed by atoms with Gasteiger partial charge in [0.1, 0.15) is 6.54 Å². The molecule has 0 saturated carbocycles. The predicted molar refractivity (Wildman–Crippen MR) is 158 cm³/mol. The molecule has 0 unspecified atom stereocenters. The highest BCUT2D eigenvalue weighted by Crippen LogP contribution is 2.26. The molecule has 0 radical (unpaired) electrons. The highest BCUT2D eigenvalue weighted by molar-refractivity contribution is 7.92. The highest BCUT2D eigenvalue weighted by atomic mass is 35.5. The number of amides is 1. The van der Waals surface area contributed by atoms with E-state index in [0.717, 1.165) is 38.1 Å². The number of nitrogens with one attached hydrogen (secondary N) is 1. The minimum atomic E-state index is -4.06. The van der Waals surface area contributed by atoms with Gasteiger partial charge in [-0.3, -0.25) is 9.10 Å². The van der Waals surface area contributed by atoms with Crippen molar-refractivity contribution in [1.82, 2.24) is 9.99 Å². The van der Waals surface area contributed by atoms with Crippen LogP contribution < -0.4 is 9.73 Å². The molecule has 0 saturated heterocycles. The second kappa shape index (κ2) is 11.5. The zero-order valence-corrected chi connectivity index (χ0v) is 24.1. The van der Waals surface area contributed by atoms with E-state index in [1.807, 2.05) is 46.8 Å². The van der Waals surface area contributed by atoms with Gasteiger partial charge in [-0.15, -0.1) is 0 Å². The maximum atomic E-state index is 13.6. The average Bonchev–Trinajstić information content (AvgIpc) is 3.17. The van der Waals surface area contributed by atoms with Crippen molar-refractivity contribution in [3.8, 4) is 5.69 Å². The minimum absolute atomic E-state index is 0.0324. The lowest BCUT2D eigenvalue weighted by Crippen LogP contribution is -2.39. The first-order valence-corrected chi connectivity index (χ1v) is 14.2. The van der Waals surface area contributed by atoms with E-state index in [2.05, 4.69) is 39.4 Å². The number of aromatic nitrogens is 1. The van der Waals surface area contributed by atoms with Crippen molar-refractivity contribution < 1.29 is 13.2 Å². The number of carbonyl (C=O) groups is 1. The van der Waals surface area contributed by atoms with Gasteiger partial charge >= 0.3 is 0 Å². The summed E-state index contributed by atoms with van der Waals surface area (Å²) < 4.78 is 30.3. The highest BCUT2D eigenvalue weighted by Gasteiger charge is 2.27. The van der Waals surface area contributed by atoms with Gasteiger partial charge < -0.3 is 4.57 Å². The third kappa shape index (κ3) is 6.24. The largest absolute Gasteiger partial charge is 0.318 e. The standard InChI is InChI=1S/C30H31ClN4O3S/c1-20-6-11-27(12-7-20)35-23(4)17-25(24(35)5)18-32-33-30(36)19-34(28-13-8-21(2)22(3)16-28)39(37,38)29-14-9-26(31)10-15-29/h6-18H,19H2,1-5H3,(H,33,36)/b32-18-. The average molecular weight is 563 g/mol. The van der Waals surface area contributed by atoms with Crippen molar-refractivity contribution in [1.29, 1.82) is 0 Å². The number of carbonyl (C=O) groups excluding carboxylic acids is 1. The normalized spacial score (nSPS) is 11.6. The van der Waals surface area contributed by atoms with Crippen LogP contribution >= 0.6 is 11.6 Å². The molecule has 1 heterocycles. The summed E-state index contributed by atoms with van der Waals surface area (Å²) in [6.45, 7) is 9.41. The predicted octanol–water partition coefficient (Wildman–Crippen LogP) is 6.02. The van der Waals surface area contributed by atoms with Crippen LogP contribution in [0.25, 0.3) is 5.69 Å². The molecule has 0 fully saturated rings. The van der Waals surface area contributed by atoms with Gasteiger partial charge in [-0.2, -0.15) is 5.10 Å². The van der Waals surface area contributed by atoms with Gasteiger partial charge in [-0.05, 0) is 100 Å². The summed E-state index contributed by atoms with van der Waals surface area (Å²) in [7, 11) is -4.06. The van der Waals surface area contributed by atoms with Gasteiger partial charge in [0.05, 0.1) is 16.8 Å². The van der Waals surface area contributed by atoms with Crippen LogP contribution in [0, 0.1) is 34.6 Å². The lowest BCUT2D eigenvalue weighted by atomic mass is 10.1. The van der Waals surface area contributed by atoms with Crippen molar-refractivity contribution in [3.63, 3.8) is 0 Å². The van der Waals surface area contributed by atoms with Crippen molar-refractivity contribution in [2.75, 3.05) is 10.8 Å². The number of benzene rings is 3. The summed E-state index contributed by atoms with van der Waals surface area (Å²) in [5.41, 5.74) is 9.85. The fraction of sp³-hybridized carbons (Fsp3) is 0.200. The first-order chi connectivity index (χ1) is 18.5. The minimum Gasteiger partial charge on any atom is -0.318 e. The Morgan fingerprint density at radius 1 is 0.923 bits per heavy atom. The summed E-state index contributed by atoms with van der Waals surface area (Å²) in [6, 6.07) is 21.3. The second-order valence-corrected chi connectivity index (χ2v) is 11.8. The van der Waals surface area contributed by atoms with Crippen LogP contribution in [-0.4, -0.2) is 31.7 Å². The first-order valence-electron chi connectivity index (χ1n) is 12.4. The van der Waals surface area contributed by atoms with E-state index in [1.54, 1.807) is 18.3 Å². The molecule has 0 aliphatic heterocycles. The lowest BCUT2D eigenvalue weighted by Gasteiger charge is -2.24. The Balaban J connectivity index is 1.57. The quantitative estimate of drug-likeness (QED) is 0.210. The van der Waals surface area contributed by atoms with Gasteiger partial charge in [-0.1, -0.05) is 35.4 Å². The Morgan fingerprint density at radius 3 is 2.23 bits per heavy atom. The molecule has 4 rings (SSSR count). The van der Waals surface area contributed by atoms with Crippen molar-refractivity contribution in [2.24, 2.45) is 5.10 Å². The molecule has 1 aromatic heterocycles. The van der Waals surface area contributed by atoms with Gasteiger partial charge in [0.2, 0.25) is 0 Å². The molecule has 202 valence electrons. The maximum absolute atomic E-state index is 13.6. The Bertz CT molecular complexity index is 1640. The van der Waals surface area contributed by atoms with Gasteiger partial charge in [0.15, 0.2) is 0 Å². The smallest absolute Gasteiger partial charge is 0.264 e. The number of nitrogens with zero attached hydrogens (tertiary/aromatic N) is 3. The van der Waals surface area contributed by atoms with E-state index in [9.17, 15) is 13.2 Å². The van der Waals surface area contributed by atoms with Crippen molar-refractivity contribution in [3.05, 3.63) is 111 Å². The SMILES string of the molecule is Cc1ccc(-n2c(C)cc(/C=N\NC(=O)CN(c3ccc(C)c(C)c3)S(=O)(=O)c3ccc(Cl)cc3)c2C)cc1. The van der Waals surface area contributed by atoms with Crippen LogP contribution in [0.1, 0.15) is 33.6 Å². The van der Waals surface area contributed by atoms with E-state index in [1.165, 1.54) is 29.8 Å². The van der Waals surface area contributed by atoms with Crippen LogP contribution in [0.4, 0.5) is 5.69 Å². The third-order valence-corrected chi connectivity index (χ3v) is 8.66. The molecule has 0 bridgehead atoms. The molecule has 0 atom stereocenters. The number of hydrogen-bond donors (Lipinski definition) is 1. The van der Waals surface area contributed by atoms with Gasteiger partial charge in [0, 0.05) is 27.7 Å². The monoisotopic (exact) mass is 562 g/mol. The zero-order valence-electron chi connectivity index (χ0n) is 22.6. The number of rotatable bonds is 8. The van der Waals surface area contributed by atoms with Crippen LogP contribution in [0.5, 0.6) is 0 Å². The molecule has 1 amide bonds. The van der Waals surface area contributed by atoms with E-state index in [4.69, 9.17) is 11.6 Å². The van der Waals surface area contributed by atoms with Crippen LogP contribution in [-0.2, 0) is 14.8 Å². The Labute approximate surface area is 234 Å². The third-order valence-electron chi connectivity index (χ3n) is 6.62. The lowest BCUT2D eigenvalue weighted by molar-refractivity contribution is -0.119. The Kier molecular flexibility index (Phi) is 8.28. The number of aryl methyl sites for hydroxylation is 4. The van der Waals surface area contributed by atoms with Gasteiger partial charge in [-0.25, -0.2) is 13.8 Å². The summed E-state index contributed by atoms with van der Waals surface area (Å²) in [6.07, 6.45) is 1.57. The molecule has 9 heteroatoms. The molecular weight excluding hydrogens is 532 g/mol. The molecular formula is C30H31ClN4O3S. The molecule has 1 N–H and O–H groups in total. The fourth-order valence-electron chi connectivity index (χ4n) is 4.28. The van der Waals surface area contributed by atoms with Crippen LogP contribution in [0.3, 0.4) is 0 Å². The summed E-state index contributed by atoms with van der Waals surface area (Å²) in [4.78, 5) is 13.0. The van der Waals surface area contributed by atoms with E-state index >= 15 is 0 Å². The Morgan fingerprint density at radius 2 is 1.59 bits per heavy atom. The zero-order chi connectivity index (χ0) is 28.3. The first kappa shape index (κ1) is 28.1. The molecule has 3 aromatic carbocycles. The second-order valence-electron chi connectivity index (χ2n) is 9.52. The molecule has 0 aliphatic carbocycles. The Hall–Kier alpha value is -3.88. The maximum Gasteiger partial charge on any atom is 0.264 e. The molecule has 4 aromatic rings. The fourth-order valence-corrected chi connectivity index (χ4v) is 5.82. The molecule has 0 spiro atoms. The topological polar surface area (TPSA) is 83.8 Å². The van der Waals surface area contributed by atoms with Crippen LogP contribution in [0.2, 0.25) is 5.02 Å². The van der Waals surface area contributed by atoms with Crippen molar-refractivity contribution in [2.45, 2.75) is 39.5 Å². The number of halogens is 1. The summed E-state index contributed by atoms with van der Waals surface area (Å²) in [5.74, 6) is -0.575. The molecule has 0 aliphatic rings. The summed E-state index contributed by atoms with van der Waals surface area (Å²) >= 11 is 5.96. The summed E-state index contributed by atoms with van der Waals surface area (Å²) in [5, 5.41) is 4.55.